The maximum Gasteiger partial charge on any atom is 0.336 e. The lowest BCUT2D eigenvalue weighted by Crippen LogP contribution is -2.45. The van der Waals surface area contributed by atoms with Crippen LogP contribution in [0.4, 0.5) is 0 Å². The van der Waals surface area contributed by atoms with Crippen LogP contribution >= 0.6 is 0 Å². The first kappa shape index (κ1) is 23.4. The number of carbonyl (C=O) groups is 1. The smallest absolute Gasteiger partial charge is 0.336 e. The van der Waals surface area contributed by atoms with Crippen LogP contribution in [0, 0.1) is 11.3 Å². The molecule has 0 unspecified atom stereocenters. The van der Waals surface area contributed by atoms with E-state index in [9.17, 15) is 18.0 Å². The fraction of sp³-hybridized carbons (Fsp3) is 0.545. The highest BCUT2D eigenvalue weighted by molar-refractivity contribution is 7.89. The van der Waals surface area contributed by atoms with Gasteiger partial charge in [-0.25, -0.2) is 13.2 Å². The molecule has 3 rings (SSSR count). The van der Waals surface area contributed by atoms with E-state index in [2.05, 4.69) is 24.1 Å². The SMILES string of the molecule is CN(C)CC(C)(C)CNC(=O)C1CCN(S(=O)(=O)c2ccc3oc(=O)ccc3c2)CC1. The Hall–Kier alpha value is -2.23. The van der Waals surface area contributed by atoms with Crippen molar-refractivity contribution in [1.82, 2.24) is 14.5 Å². The molecule has 0 aliphatic carbocycles. The van der Waals surface area contributed by atoms with Gasteiger partial charge in [0, 0.05) is 43.5 Å². The molecule has 170 valence electrons. The van der Waals surface area contributed by atoms with Crippen molar-refractivity contribution in [2.24, 2.45) is 11.3 Å². The van der Waals surface area contributed by atoms with Crippen molar-refractivity contribution in [2.75, 3.05) is 40.3 Å². The minimum Gasteiger partial charge on any atom is -0.423 e. The van der Waals surface area contributed by atoms with Crippen LogP contribution in [0.1, 0.15) is 26.7 Å². The van der Waals surface area contributed by atoms with Gasteiger partial charge in [0.15, 0.2) is 0 Å². The summed E-state index contributed by atoms with van der Waals surface area (Å²) in [4.78, 5) is 26.2. The summed E-state index contributed by atoms with van der Waals surface area (Å²) in [7, 11) is 0.325. The summed E-state index contributed by atoms with van der Waals surface area (Å²) < 4.78 is 32.6. The van der Waals surface area contributed by atoms with Crippen molar-refractivity contribution >= 4 is 26.9 Å². The Balaban J connectivity index is 1.61. The molecule has 31 heavy (non-hydrogen) atoms. The molecule has 1 saturated heterocycles. The molecule has 8 nitrogen and oxygen atoms in total. The summed E-state index contributed by atoms with van der Waals surface area (Å²) in [6, 6.07) is 7.28. The highest BCUT2D eigenvalue weighted by atomic mass is 32.2. The molecule has 1 aromatic heterocycles. The van der Waals surface area contributed by atoms with Crippen molar-refractivity contribution in [3.63, 3.8) is 0 Å². The molecule has 2 heterocycles. The second-order valence-electron chi connectivity index (χ2n) is 9.25. The number of rotatable bonds is 7. The summed E-state index contributed by atoms with van der Waals surface area (Å²) >= 11 is 0. The fourth-order valence-electron chi connectivity index (χ4n) is 4.10. The predicted molar refractivity (Wildman–Crippen MR) is 119 cm³/mol. The number of nitrogens with one attached hydrogen (secondary N) is 1. The first-order valence-electron chi connectivity index (χ1n) is 10.4. The maximum atomic E-state index is 13.1. The summed E-state index contributed by atoms with van der Waals surface area (Å²) in [5, 5.41) is 3.59. The van der Waals surface area contributed by atoms with Crippen molar-refractivity contribution in [1.29, 1.82) is 0 Å². The Bertz CT molecular complexity index is 1100. The number of benzene rings is 1. The summed E-state index contributed by atoms with van der Waals surface area (Å²) in [5.74, 6) is -0.197. The molecule has 1 aliphatic heterocycles. The van der Waals surface area contributed by atoms with E-state index in [4.69, 9.17) is 4.42 Å². The zero-order valence-electron chi connectivity index (χ0n) is 18.6. The lowest BCUT2D eigenvalue weighted by molar-refractivity contribution is -0.126. The number of carbonyl (C=O) groups excluding carboxylic acids is 1. The predicted octanol–water partition coefficient (Wildman–Crippen LogP) is 1.90. The Kier molecular flexibility index (Phi) is 6.88. The minimum atomic E-state index is -3.69. The van der Waals surface area contributed by atoms with Crippen molar-refractivity contribution < 1.29 is 17.6 Å². The van der Waals surface area contributed by atoms with Gasteiger partial charge in [-0.15, -0.1) is 0 Å². The summed E-state index contributed by atoms with van der Waals surface area (Å²) in [6.07, 6.45) is 0.975. The number of nitrogens with zero attached hydrogens (tertiary/aromatic N) is 2. The van der Waals surface area contributed by atoms with Gasteiger partial charge in [-0.2, -0.15) is 4.31 Å². The molecule has 1 fully saturated rings. The number of hydrogen-bond acceptors (Lipinski definition) is 6. The quantitative estimate of drug-likeness (QED) is 0.648. The molecule has 9 heteroatoms. The van der Waals surface area contributed by atoms with Gasteiger partial charge in [-0.1, -0.05) is 13.8 Å². The first-order valence-corrected chi connectivity index (χ1v) is 11.9. The maximum absolute atomic E-state index is 13.1. The van der Waals surface area contributed by atoms with Crippen LogP contribution in [0.3, 0.4) is 0 Å². The van der Waals surface area contributed by atoms with Crippen LogP contribution in [-0.4, -0.2) is 63.8 Å². The van der Waals surface area contributed by atoms with Crippen LogP contribution in [0.5, 0.6) is 0 Å². The molecule has 0 atom stereocenters. The molecule has 1 aromatic carbocycles. The van der Waals surface area contributed by atoms with Crippen molar-refractivity contribution in [3.8, 4) is 0 Å². The van der Waals surface area contributed by atoms with E-state index < -0.39 is 15.6 Å². The van der Waals surface area contributed by atoms with Crippen molar-refractivity contribution in [2.45, 2.75) is 31.6 Å². The lowest BCUT2D eigenvalue weighted by atomic mass is 9.91. The Labute approximate surface area is 183 Å². The topological polar surface area (TPSA) is 99.9 Å². The van der Waals surface area contributed by atoms with E-state index in [-0.39, 0.29) is 22.1 Å². The molecule has 0 spiro atoms. The van der Waals surface area contributed by atoms with E-state index in [0.29, 0.717) is 43.4 Å². The molecule has 0 bridgehead atoms. The number of fused-ring (bicyclic) bond motifs is 1. The normalized spacial score (nSPS) is 16.7. The summed E-state index contributed by atoms with van der Waals surface area (Å²) in [5.41, 5.74) is -0.175. The Morgan fingerprint density at radius 3 is 2.52 bits per heavy atom. The van der Waals surface area contributed by atoms with Crippen LogP contribution in [0.15, 0.2) is 44.4 Å². The van der Waals surface area contributed by atoms with Crippen LogP contribution in [0.25, 0.3) is 11.0 Å². The number of hydrogen-bond donors (Lipinski definition) is 1. The van der Waals surface area contributed by atoms with Gasteiger partial charge in [0.2, 0.25) is 15.9 Å². The average Bonchev–Trinajstić information content (AvgIpc) is 2.70. The highest BCUT2D eigenvalue weighted by Gasteiger charge is 2.32. The van der Waals surface area contributed by atoms with E-state index in [1.807, 2.05) is 14.1 Å². The van der Waals surface area contributed by atoms with Gasteiger partial charge in [-0.05, 0) is 56.6 Å². The average molecular weight is 450 g/mol. The zero-order chi connectivity index (χ0) is 22.8. The molecule has 0 saturated carbocycles. The highest BCUT2D eigenvalue weighted by Crippen LogP contribution is 2.26. The van der Waals surface area contributed by atoms with Gasteiger partial charge >= 0.3 is 5.63 Å². The standard InChI is InChI=1S/C22H31N3O5S/c1-22(2,15-24(3)4)14-23-21(27)16-9-11-25(12-10-16)31(28,29)18-6-7-19-17(13-18)5-8-20(26)30-19/h5-8,13,16H,9-12,14-15H2,1-4H3,(H,23,27). The molecular formula is C22H31N3O5S. The molecule has 1 aliphatic rings. The molecule has 1 amide bonds. The van der Waals surface area contributed by atoms with E-state index in [1.165, 1.54) is 28.6 Å². The second kappa shape index (κ2) is 9.10. The van der Waals surface area contributed by atoms with Crippen LogP contribution in [-0.2, 0) is 14.8 Å². The van der Waals surface area contributed by atoms with Gasteiger partial charge in [0.25, 0.3) is 0 Å². The van der Waals surface area contributed by atoms with Gasteiger partial charge < -0.3 is 14.6 Å². The first-order chi connectivity index (χ1) is 14.5. The minimum absolute atomic E-state index is 0.00962. The van der Waals surface area contributed by atoms with Gasteiger partial charge in [-0.3, -0.25) is 4.79 Å². The third-order valence-electron chi connectivity index (χ3n) is 5.54. The van der Waals surface area contributed by atoms with Gasteiger partial charge in [0.05, 0.1) is 4.90 Å². The number of piperidine rings is 1. The van der Waals surface area contributed by atoms with E-state index in [1.54, 1.807) is 6.07 Å². The second-order valence-corrected chi connectivity index (χ2v) is 11.2. The van der Waals surface area contributed by atoms with E-state index in [0.717, 1.165) is 6.54 Å². The third kappa shape index (κ3) is 5.72. The van der Waals surface area contributed by atoms with Crippen molar-refractivity contribution in [3.05, 3.63) is 40.8 Å². The number of sulfonamides is 1. The van der Waals surface area contributed by atoms with Gasteiger partial charge in [0.1, 0.15) is 5.58 Å². The fourth-order valence-corrected chi connectivity index (χ4v) is 5.61. The van der Waals surface area contributed by atoms with E-state index >= 15 is 0 Å². The largest absolute Gasteiger partial charge is 0.423 e. The van der Waals surface area contributed by atoms with Crippen LogP contribution in [0.2, 0.25) is 0 Å². The van der Waals surface area contributed by atoms with Crippen LogP contribution < -0.4 is 10.9 Å². The molecular weight excluding hydrogens is 418 g/mol. The zero-order valence-corrected chi connectivity index (χ0v) is 19.4. The summed E-state index contributed by atoms with van der Waals surface area (Å²) in [6.45, 7) is 6.25. The molecule has 1 N–H and O–H groups in total. The number of amides is 1. The Morgan fingerprint density at radius 2 is 1.87 bits per heavy atom. The molecule has 0 radical (unpaired) electrons. The monoisotopic (exact) mass is 449 g/mol. The lowest BCUT2D eigenvalue weighted by Gasteiger charge is -2.32. The molecule has 2 aromatic rings. The third-order valence-corrected chi connectivity index (χ3v) is 7.43. The Morgan fingerprint density at radius 1 is 1.19 bits per heavy atom.